The predicted molar refractivity (Wildman–Crippen MR) is 125 cm³/mol. The van der Waals surface area contributed by atoms with Crippen LogP contribution in [0.1, 0.15) is 34.8 Å². The lowest BCUT2D eigenvalue weighted by Crippen LogP contribution is -2.39. The maximum atomic E-state index is 13.0. The van der Waals surface area contributed by atoms with Crippen LogP contribution in [0.5, 0.6) is 0 Å². The van der Waals surface area contributed by atoms with Gasteiger partial charge in [-0.15, -0.1) is 0 Å². The summed E-state index contributed by atoms with van der Waals surface area (Å²) in [5.74, 6) is -0.257. The van der Waals surface area contributed by atoms with Crippen molar-refractivity contribution in [2.75, 3.05) is 26.2 Å². The minimum Gasteiger partial charge on any atom is -0.364 e. The number of halogens is 1. The number of benzene rings is 2. The number of carbonyl (C=O) groups is 1. The van der Waals surface area contributed by atoms with E-state index in [2.05, 4.69) is 54.8 Å². The minimum atomic E-state index is -3.92. The monoisotopic (exact) mass is 504 g/mol. The van der Waals surface area contributed by atoms with Crippen molar-refractivity contribution in [3.8, 4) is 0 Å². The Hall–Kier alpha value is -2.20. The summed E-state index contributed by atoms with van der Waals surface area (Å²) in [5, 5.41) is 0.430. The molecule has 0 aliphatic carbocycles. The Balaban J connectivity index is 1.41. The summed E-state index contributed by atoms with van der Waals surface area (Å²) >= 11 is 3.35. The average Bonchev–Trinajstić information content (AvgIpc) is 3.15. The van der Waals surface area contributed by atoms with Gasteiger partial charge < -0.3 is 15.6 Å². The molecule has 1 aliphatic heterocycles. The number of likely N-dealkylation sites (tertiary alicyclic amines) is 1. The fourth-order valence-corrected chi connectivity index (χ4v) is 5.96. The standard InChI is InChI=1S/C22H25BrN4O3S/c23-17-6-7-19-18(14-17)21(20(26-19)22(24)28)31(29,30)25-10-13-27-11-8-16(9-12-27)15-4-2-1-3-5-15/h1-7,14,16,25-26H,8-13H2,(H2,24,28). The summed E-state index contributed by atoms with van der Waals surface area (Å²) in [4.78, 5) is 16.9. The molecule has 2 aromatic carbocycles. The number of piperidine rings is 1. The molecule has 0 saturated carbocycles. The zero-order chi connectivity index (χ0) is 22.0. The first-order chi connectivity index (χ1) is 14.8. The highest BCUT2D eigenvalue weighted by Crippen LogP contribution is 2.30. The van der Waals surface area contributed by atoms with Crippen LogP contribution in [0, 0.1) is 0 Å². The number of nitrogens with zero attached hydrogens (tertiary/aromatic N) is 1. The van der Waals surface area contributed by atoms with E-state index in [0.717, 1.165) is 25.9 Å². The van der Waals surface area contributed by atoms with Crippen molar-refractivity contribution in [3.05, 3.63) is 64.3 Å². The summed E-state index contributed by atoms with van der Waals surface area (Å²) in [7, 11) is -3.92. The number of nitrogens with two attached hydrogens (primary N) is 1. The molecule has 1 fully saturated rings. The van der Waals surface area contributed by atoms with Gasteiger partial charge in [-0.2, -0.15) is 0 Å². The lowest BCUT2D eigenvalue weighted by molar-refractivity contribution is 0.0993. The highest BCUT2D eigenvalue weighted by Gasteiger charge is 2.27. The second-order valence-electron chi connectivity index (χ2n) is 7.81. The lowest BCUT2D eigenvalue weighted by Gasteiger charge is -2.32. The number of aromatic amines is 1. The molecule has 1 aliphatic rings. The molecule has 7 nitrogen and oxygen atoms in total. The van der Waals surface area contributed by atoms with Crippen molar-refractivity contribution in [2.24, 2.45) is 5.73 Å². The van der Waals surface area contributed by atoms with E-state index < -0.39 is 15.9 Å². The number of nitrogens with one attached hydrogen (secondary N) is 2. The van der Waals surface area contributed by atoms with Crippen LogP contribution in [0.25, 0.3) is 10.9 Å². The van der Waals surface area contributed by atoms with Crippen LogP contribution < -0.4 is 10.5 Å². The van der Waals surface area contributed by atoms with Gasteiger partial charge in [0, 0.05) is 28.5 Å². The zero-order valence-corrected chi connectivity index (χ0v) is 19.4. The highest BCUT2D eigenvalue weighted by molar-refractivity contribution is 9.10. The van der Waals surface area contributed by atoms with E-state index in [1.165, 1.54) is 5.56 Å². The van der Waals surface area contributed by atoms with Crippen LogP contribution >= 0.6 is 15.9 Å². The molecule has 4 N–H and O–H groups in total. The van der Waals surface area contributed by atoms with Crippen molar-refractivity contribution in [3.63, 3.8) is 0 Å². The molecular formula is C22H25BrN4O3S. The molecule has 31 heavy (non-hydrogen) atoms. The zero-order valence-electron chi connectivity index (χ0n) is 17.0. The molecule has 0 radical (unpaired) electrons. The van der Waals surface area contributed by atoms with Crippen molar-refractivity contribution in [1.82, 2.24) is 14.6 Å². The van der Waals surface area contributed by atoms with Crippen LogP contribution in [0.3, 0.4) is 0 Å². The van der Waals surface area contributed by atoms with Gasteiger partial charge in [0.2, 0.25) is 10.0 Å². The summed E-state index contributed by atoms with van der Waals surface area (Å²) in [5.41, 5.74) is 7.24. The minimum absolute atomic E-state index is 0.0981. The Morgan fingerprint density at radius 1 is 1.16 bits per heavy atom. The number of hydrogen-bond acceptors (Lipinski definition) is 4. The van der Waals surface area contributed by atoms with Crippen LogP contribution in [0.4, 0.5) is 0 Å². The van der Waals surface area contributed by atoms with Crippen molar-refractivity contribution in [1.29, 1.82) is 0 Å². The van der Waals surface area contributed by atoms with Crippen LogP contribution in [-0.4, -0.2) is 50.4 Å². The first-order valence-electron chi connectivity index (χ1n) is 10.2. The molecule has 0 unspecified atom stereocenters. The van der Waals surface area contributed by atoms with Crippen LogP contribution in [0.2, 0.25) is 0 Å². The van der Waals surface area contributed by atoms with Crippen molar-refractivity contribution >= 4 is 42.8 Å². The number of rotatable bonds is 7. The summed E-state index contributed by atoms with van der Waals surface area (Å²) in [6.45, 7) is 2.72. The first-order valence-corrected chi connectivity index (χ1v) is 12.5. The van der Waals surface area contributed by atoms with E-state index in [0.29, 0.717) is 27.8 Å². The number of carbonyl (C=O) groups excluding carboxylic acids is 1. The number of sulfonamides is 1. The highest BCUT2D eigenvalue weighted by atomic mass is 79.9. The van der Waals surface area contributed by atoms with E-state index in [1.807, 2.05) is 6.07 Å². The van der Waals surface area contributed by atoms with Gasteiger partial charge in [-0.25, -0.2) is 13.1 Å². The number of fused-ring (bicyclic) bond motifs is 1. The molecule has 164 valence electrons. The fourth-order valence-electron chi connectivity index (χ4n) is 4.22. The number of amides is 1. The Labute approximate surface area is 190 Å². The number of aromatic nitrogens is 1. The molecular weight excluding hydrogens is 480 g/mol. The van der Waals surface area contributed by atoms with Crippen LogP contribution in [-0.2, 0) is 10.0 Å². The molecule has 0 spiro atoms. The molecule has 4 rings (SSSR count). The van der Waals surface area contributed by atoms with Gasteiger partial charge >= 0.3 is 0 Å². The van der Waals surface area contributed by atoms with E-state index in [-0.39, 0.29) is 17.1 Å². The third-order valence-corrected chi connectivity index (χ3v) is 7.85. The van der Waals surface area contributed by atoms with Gasteiger partial charge in [0.1, 0.15) is 10.6 Å². The van der Waals surface area contributed by atoms with Gasteiger partial charge in [0.15, 0.2) is 0 Å². The summed E-state index contributed by atoms with van der Waals surface area (Å²) < 4.78 is 29.5. The predicted octanol–water partition coefficient (Wildman–Crippen LogP) is 3.19. The maximum Gasteiger partial charge on any atom is 0.266 e. The number of H-pyrrole nitrogens is 1. The van der Waals surface area contributed by atoms with Gasteiger partial charge in [0.25, 0.3) is 5.91 Å². The Morgan fingerprint density at radius 2 is 1.87 bits per heavy atom. The molecule has 1 amide bonds. The molecule has 0 bridgehead atoms. The Morgan fingerprint density at radius 3 is 2.55 bits per heavy atom. The van der Waals surface area contributed by atoms with Crippen molar-refractivity contribution < 1.29 is 13.2 Å². The third kappa shape index (κ3) is 4.85. The second-order valence-corrected chi connectivity index (χ2v) is 10.4. The van der Waals surface area contributed by atoms with E-state index in [9.17, 15) is 13.2 Å². The van der Waals surface area contributed by atoms with Gasteiger partial charge in [-0.1, -0.05) is 46.3 Å². The Bertz CT molecular complexity index is 1190. The smallest absolute Gasteiger partial charge is 0.266 e. The fraction of sp³-hybridized carbons (Fsp3) is 0.318. The first kappa shape index (κ1) is 22.0. The van der Waals surface area contributed by atoms with Gasteiger partial charge in [-0.05, 0) is 55.6 Å². The van der Waals surface area contributed by atoms with Gasteiger partial charge in [-0.3, -0.25) is 4.79 Å². The topological polar surface area (TPSA) is 108 Å². The maximum absolute atomic E-state index is 13.0. The number of hydrogen-bond donors (Lipinski definition) is 3. The molecule has 1 saturated heterocycles. The SMILES string of the molecule is NC(=O)c1[nH]c2ccc(Br)cc2c1S(=O)(=O)NCCN1CCC(c2ccccc2)CC1. The van der Waals surface area contributed by atoms with Gasteiger partial charge in [0.05, 0.1) is 0 Å². The molecule has 1 aromatic heterocycles. The molecule has 0 atom stereocenters. The number of primary amides is 1. The molecule has 2 heterocycles. The van der Waals surface area contributed by atoms with E-state index in [1.54, 1.807) is 18.2 Å². The second kappa shape index (κ2) is 9.12. The van der Waals surface area contributed by atoms with E-state index in [4.69, 9.17) is 5.73 Å². The normalized spacial score (nSPS) is 16.0. The summed E-state index contributed by atoms with van der Waals surface area (Å²) in [6.07, 6.45) is 2.11. The summed E-state index contributed by atoms with van der Waals surface area (Å²) in [6, 6.07) is 15.7. The van der Waals surface area contributed by atoms with E-state index >= 15 is 0 Å². The quantitative estimate of drug-likeness (QED) is 0.458. The lowest BCUT2D eigenvalue weighted by atomic mass is 9.89. The average molecular weight is 505 g/mol. The molecule has 9 heteroatoms. The molecule has 3 aromatic rings. The largest absolute Gasteiger partial charge is 0.364 e. The Kier molecular flexibility index (Phi) is 6.47. The van der Waals surface area contributed by atoms with Crippen LogP contribution in [0.15, 0.2) is 57.9 Å². The third-order valence-electron chi connectivity index (χ3n) is 5.81. The van der Waals surface area contributed by atoms with Crippen molar-refractivity contribution in [2.45, 2.75) is 23.7 Å².